The van der Waals surface area contributed by atoms with Gasteiger partial charge in [0.25, 0.3) is 0 Å². The first-order valence-electron chi connectivity index (χ1n) is 7.97. The number of hydrogen-bond donors (Lipinski definition) is 2. The maximum atomic E-state index is 12.4. The minimum Gasteiger partial charge on any atom is -0.331 e. The molecule has 6 heteroatoms. The van der Waals surface area contributed by atoms with E-state index in [0.29, 0.717) is 0 Å². The van der Waals surface area contributed by atoms with Gasteiger partial charge in [-0.15, -0.1) is 0 Å². The Morgan fingerprint density at radius 2 is 1.91 bits per heavy atom. The molecule has 2 amide bonds. The largest absolute Gasteiger partial charge is 0.331 e. The molecule has 1 atom stereocenters. The fourth-order valence-electron chi connectivity index (χ4n) is 2.67. The standard InChI is InChI=1S/C17H25N5O/c1-6-15(14-7-9-18-10-8-14)19-17(23)20-16-12(4)21-22(11(2)3)13(16)5/h7-11,15H,6H2,1-5H3,(H2,19,20,23). The van der Waals surface area contributed by atoms with E-state index in [4.69, 9.17) is 0 Å². The lowest BCUT2D eigenvalue weighted by molar-refractivity contribution is 0.248. The molecule has 23 heavy (non-hydrogen) atoms. The van der Waals surface area contributed by atoms with Gasteiger partial charge in [0.2, 0.25) is 0 Å². The van der Waals surface area contributed by atoms with Crippen LogP contribution in [-0.4, -0.2) is 20.8 Å². The quantitative estimate of drug-likeness (QED) is 0.882. The number of carbonyl (C=O) groups is 1. The second kappa shape index (κ2) is 7.26. The fraction of sp³-hybridized carbons (Fsp3) is 0.471. The van der Waals surface area contributed by atoms with Gasteiger partial charge in [0, 0.05) is 18.4 Å². The molecule has 0 aliphatic carbocycles. The second-order valence-corrected chi connectivity index (χ2v) is 5.92. The van der Waals surface area contributed by atoms with Gasteiger partial charge in [-0.3, -0.25) is 9.67 Å². The lowest BCUT2D eigenvalue weighted by atomic mass is 10.1. The molecular formula is C17H25N5O. The lowest BCUT2D eigenvalue weighted by Gasteiger charge is -2.18. The highest BCUT2D eigenvalue weighted by molar-refractivity contribution is 5.90. The van der Waals surface area contributed by atoms with Crippen LogP contribution in [0.1, 0.15) is 56.2 Å². The summed E-state index contributed by atoms with van der Waals surface area (Å²) in [7, 11) is 0. The summed E-state index contributed by atoms with van der Waals surface area (Å²) in [4.78, 5) is 16.4. The Balaban J connectivity index is 2.10. The number of nitrogens with one attached hydrogen (secondary N) is 2. The summed E-state index contributed by atoms with van der Waals surface area (Å²) in [5.41, 5.74) is 3.61. The number of aryl methyl sites for hydroxylation is 1. The Hall–Kier alpha value is -2.37. The molecule has 2 N–H and O–H groups in total. The third-order valence-electron chi connectivity index (χ3n) is 3.87. The zero-order valence-corrected chi connectivity index (χ0v) is 14.4. The van der Waals surface area contributed by atoms with Crippen LogP contribution in [0.25, 0.3) is 0 Å². The van der Waals surface area contributed by atoms with E-state index < -0.39 is 0 Å². The topological polar surface area (TPSA) is 71.8 Å². The maximum Gasteiger partial charge on any atom is 0.319 e. The number of carbonyl (C=O) groups excluding carboxylic acids is 1. The molecule has 0 saturated carbocycles. The van der Waals surface area contributed by atoms with E-state index in [1.54, 1.807) is 12.4 Å². The van der Waals surface area contributed by atoms with E-state index in [-0.39, 0.29) is 18.1 Å². The van der Waals surface area contributed by atoms with Crippen molar-refractivity contribution in [1.82, 2.24) is 20.1 Å². The smallest absolute Gasteiger partial charge is 0.319 e. The van der Waals surface area contributed by atoms with Crippen LogP contribution in [0.5, 0.6) is 0 Å². The molecule has 124 valence electrons. The minimum atomic E-state index is -0.219. The minimum absolute atomic E-state index is 0.0428. The Labute approximate surface area is 137 Å². The van der Waals surface area contributed by atoms with Crippen molar-refractivity contribution in [1.29, 1.82) is 0 Å². The van der Waals surface area contributed by atoms with Crippen LogP contribution in [0.3, 0.4) is 0 Å². The number of pyridine rings is 1. The van der Waals surface area contributed by atoms with E-state index in [1.165, 1.54) is 0 Å². The summed E-state index contributed by atoms with van der Waals surface area (Å²) in [6.07, 6.45) is 4.28. The van der Waals surface area contributed by atoms with Gasteiger partial charge in [0.05, 0.1) is 23.1 Å². The van der Waals surface area contributed by atoms with Crippen LogP contribution in [-0.2, 0) is 0 Å². The molecule has 6 nitrogen and oxygen atoms in total. The van der Waals surface area contributed by atoms with Gasteiger partial charge in [-0.1, -0.05) is 6.92 Å². The highest BCUT2D eigenvalue weighted by Gasteiger charge is 2.17. The van der Waals surface area contributed by atoms with Crippen molar-refractivity contribution in [3.8, 4) is 0 Å². The molecule has 0 radical (unpaired) electrons. The number of rotatable bonds is 5. The van der Waals surface area contributed by atoms with Crippen LogP contribution < -0.4 is 10.6 Å². The lowest BCUT2D eigenvalue weighted by Crippen LogP contribution is -2.32. The molecule has 2 aromatic heterocycles. The molecule has 2 aromatic rings. The summed E-state index contributed by atoms with van der Waals surface area (Å²) in [5, 5.41) is 10.4. The SMILES string of the molecule is CCC(NC(=O)Nc1c(C)nn(C(C)C)c1C)c1ccncc1. The van der Waals surface area contributed by atoms with Crippen molar-refractivity contribution in [2.75, 3.05) is 5.32 Å². The zero-order valence-electron chi connectivity index (χ0n) is 14.4. The molecule has 0 spiro atoms. The fourth-order valence-corrected chi connectivity index (χ4v) is 2.67. The number of nitrogens with zero attached hydrogens (tertiary/aromatic N) is 3. The number of hydrogen-bond acceptors (Lipinski definition) is 3. The van der Waals surface area contributed by atoms with Crippen molar-refractivity contribution >= 4 is 11.7 Å². The molecule has 0 bridgehead atoms. The van der Waals surface area contributed by atoms with E-state index >= 15 is 0 Å². The first-order chi connectivity index (χ1) is 10.9. The number of urea groups is 1. The predicted molar refractivity (Wildman–Crippen MR) is 91.5 cm³/mol. The summed E-state index contributed by atoms with van der Waals surface area (Å²) in [6.45, 7) is 10.1. The van der Waals surface area contributed by atoms with Crippen LogP contribution in [0.15, 0.2) is 24.5 Å². The summed E-state index contributed by atoms with van der Waals surface area (Å²) >= 11 is 0. The third-order valence-corrected chi connectivity index (χ3v) is 3.87. The summed E-state index contributed by atoms with van der Waals surface area (Å²) in [6, 6.07) is 3.83. The average Bonchev–Trinajstić information content (AvgIpc) is 2.81. The Morgan fingerprint density at radius 1 is 1.26 bits per heavy atom. The van der Waals surface area contributed by atoms with Gasteiger partial charge in [-0.05, 0) is 51.8 Å². The monoisotopic (exact) mass is 315 g/mol. The van der Waals surface area contributed by atoms with Gasteiger partial charge in [0.15, 0.2) is 0 Å². The van der Waals surface area contributed by atoms with Gasteiger partial charge in [-0.25, -0.2) is 4.79 Å². The van der Waals surface area contributed by atoms with E-state index in [0.717, 1.165) is 29.1 Å². The Kier molecular flexibility index (Phi) is 5.36. The summed E-state index contributed by atoms with van der Waals surface area (Å²) in [5.74, 6) is 0. The highest BCUT2D eigenvalue weighted by Crippen LogP contribution is 2.23. The molecule has 1 unspecified atom stereocenters. The molecule has 2 rings (SSSR count). The van der Waals surface area contributed by atoms with Crippen LogP contribution in [0.4, 0.5) is 10.5 Å². The van der Waals surface area contributed by atoms with E-state index in [2.05, 4.69) is 34.6 Å². The third kappa shape index (κ3) is 3.88. The first kappa shape index (κ1) is 17.0. The summed E-state index contributed by atoms with van der Waals surface area (Å²) < 4.78 is 1.92. The normalized spacial score (nSPS) is 12.3. The highest BCUT2D eigenvalue weighted by atomic mass is 16.2. The van der Waals surface area contributed by atoms with Gasteiger partial charge >= 0.3 is 6.03 Å². The molecule has 0 aromatic carbocycles. The molecular weight excluding hydrogens is 290 g/mol. The Morgan fingerprint density at radius 3 is 2.43 bits per heavy atom. The van der Waals surface area contributed by atoms with Gasteiger partial charge in [-0.2, -0.15) is 5.10 Å². The molecule has 0 saturated heterocycles. The number of aromatic nitrogens is 3. The van der Waals surface area contributed by atoms with E-state index in [9.17, 15) is 4.79 Å². The van der Waals surface area contributed by atoms with Gasteiger partial charge < -0.3 is 10.6 Å². The maximum absolute atomic E-state index is 12.4. The number of amides is 2. The van der Waals surface area contributed by atoms with Crippen molar-refractivity contribution in [3.05, 3.63) is 41.5 Å². The van der Waals surface area contributed by atoms with Crippen molar-refractivity contribution in [3.63, 3.8) is 0 Å². The Bertz CT molecular complexity index is 663. The second-order valence-electron chi connectivity index (χ2n) is 5.92. The molecule has 0 fully saturated rings. The van der Waals surface area contributed by atoms with Crippen molar-refractivity contribution < 1.29 is 4.79 Å². The van der Waals surface area contributed by atoms with Crippen LogP contribution in [0.2, 0.25) is 0 Å². The number of anilines is 1. The first-order valence-corrected chi connectivity index (χ1v) is 7.97. The van der Waals surface area contributed by atoms with Crippen molar-refractivity contribution in [2.45, 2.75) is 53.1 Å². The van der Waals surface area contributed by atoms with Crippen LogP contribution in [0, 0.1) is 13.8 Å². The average molecular weight is 315 g/mol. The molecule has 2 heterocycles. The molecule has 0 aliphatic heterocycles. The van der Waals surface area contributed by atoms with Crippen molar-refractivity contribution in [2.24, 2.45) is 0 Å². The molecule has 0 aliphatic rings. The van der Waals surface area contributed by atoms with E-state index in [1.807, 2.05) is 37.6 Å². The van der Waals surface area contributed by atoms with Gasteiger partial charge in [0.1, 0.15) is 0 Å². The van der Waals surface area contributed by atoms with Crippen LogP contribution >= 0.6 is 0 Å². The predicted octanol–water partition coefficient (Wildman–Crippen LogP) is 3.75. The zero-order chi connectivity index (χ0) is 17.0.